The second-order valence-corrected chi connectivity index (χ2v) is 5.64. The molecule has 1 amide bonds. The van der Waals surface area contributed by atoms with E-state index in [1.54, 1.807) is 18.2 Å². The minimum absolute atomic E-state index is 0.00785. The van der Waals surface area contributed by atoms with Crippen molar-refractivity contribution >= 4 is 28.9 Å². The molecule has 28 heavy (non-hydrogen) atoms. The van der Waals surface area contributed by atoms with Crippen molar-refractivity contribution in [3.63, 3.8) is 0 Å². The van der Waals surface area contributed by atoms with Gasteiger partial charge in [-0.2, -0.15) is 0 Å². The third-order valence-electron chi connectivity index (χ3n) is 3.54. The van der Waals surface area contributed by atoms with Crippen molar-refractivity contribution in [2.24, 2.45) is 0 Å². The Morgan fingerprint density at radius 3 is 2.57 bits per heavy atom. The van der Waals surface area contributed by atoms with Gasteiger partial charge < -0.3 is 15.4 Å². The molecule has 8 nitrogen and oxygen atoms in total. The van der Waals surface area contributed by atoms with Crippen LogP contribution in [-0.2, 0) is 14.3 Å². The van der Waals surface area contributed by atoms with E-state index in [2.05, 4.69) is 10.6 Å². The maximum absolute atomic E-state index is 13.1. The minimum atomic E-state index is -1.11. The van der Waals surface area contributed by atoms with Gasteiger partial charge in [0, 0.05) is 30.8 Å². The summed E-state index contributed by atoms with van der Waals surface area (Å²) >= 11 is 0. The Kier molecular flexibility index (Phi) is 7.37. The van der Waals surface area contributed by atoms with Gasteiger partial charge in [0.1, 0.15) is 5.69 Å². The Bertz CT molecular complexity index is 876. The predicted molar refractivity (Wildman–Crippen MR) is 96.8 cm³/mol. The molecule has 0 saturated heterocycles. The highest BCUT2D eigenvalue weighted by atomic mass is 19.2. The van der Waals surface area contributed by atoms with E-state index in [0.29, 0.717) is 18.7 Å². The van der Waals surface area contributed by atoms with Gasteiger partial charge in [0.25, 0.3) is 11.6 Å². The van der Waals surface area contributed by atoms with Crippen molar-refractivity contribution in [3.8, 4) is 0 Å². The fourth-order valence-corrected chi connectivity index (χ4v) is 2.23. The first kappa shape index (κ1) is 20.7. The highest BCUT2D eigenvalue weighted by Gasteiger charge is 2.12. The lowest BCUT2D eigenvalue weighted by molar-refractivity contribution is -0.384. The lowest BCUT2D eigenvalue weighted by Gasteiger charge is -2.08. The van der Waals surface area contributed by atoms with Crippen LogP contribution in [0.4, 0.5) is 25.8 Å². The highest BCUT2D eigenvalue weighted by Crippen LogP contribution is 2.23. The zero-order chi connectivity index (χ0) is 20.5. The van der Waals surface area contributed by atoms with Crippen LogP contribution >= 0.6 is 0 Å². The van der Waals surface area contributed by atoms with Gasteiger partial charge in [-0.3, -0.25) is 19.7 Å². The van der Waals surface area contributed by atoms with Crippen LogP contribution in [0.5, 0.6) is 0 Å². The van der Waals surface area contributed by atoms with Crippen molar-refractivity contribution in [1.29, 1.82) is 0 Å². The Hall–Kier alpha value is -3.56. The molecular weight excluding hydrogens is 376 g/mol. The molecule has 0 aromatic heterocycles. The number of anilines is 2. The number of nitrogens with zero attached hydrogens (tertiary/aromatic N) is 1. The lowest BCUT2D eigenvalue weighted by atomic mass is 10.2. The molecule has 2 N–H and O–H groups in total. The van der Waals surface area contributed by atoms with Gasteiger partial charge in [-0.15, -0.1) is 0 Å². The molecule has 0 fully saturated rings. The molecule has 0 saturated carbocycles. The number of rotatable bonds is 9. The SMILES string of the molecule is O=C(COC(=O)CCCNc1ccccc1[N+](=O)[O-])Nc1ccc(F)c(F)c1. The van der Waals surface area contributed by atoms with Crippen LogP contribution in [0.2, 0.25) is 0 Å². The van der Waals surface area contributed by atoms with Crippen LogP contribution in [0.3, 0.4) is 0 Å². The molecule has 10 heteroatoms. The van der Waals surface area contributed by atoms with Crippen molar-refractivity contribution in [3.05, 3.63) is 64.2 Å². The molecule has 2 aromatic rings. The number of esters is 1. The summed E-state index contributed by atoms with van der Waals surface area (Å²) in [5.41, 5.74) is 0.305. The van der Waals surface area contributed by atoms with Crippen LogP contribution in [0.1, 0.15) is 12.8 Å². The molecule has 148 valence electrons. The summed E-state index contributed by atoms with van der Waals surface area (Å²) in [6.45, 7) is -0.281. The van der Waals surface area contributed by atoms with E-state index in [4.69, 9.17) is 4.74 Å². The molecule has 2 aromatic carbocycles. The topological polar surface area (TPSA) is 111 Å². The first-order valence-electron chi connectivity index (χ1n) is 8.24. The number of nitro benzene ring substituents is 1. The van der Waals surface area contributed by atoms with E-state index in [0.717, 1.165) is 12.1 Å². The first-order valence-corrected chi connectivity index (χ1v) is 8.24. The van der Waals surface area contributed by atoms with E-state index < -0.39 is 35.0 Å². The normalized spacial score (nSPS) is 10.2. The van der Waals surface area contributed by atoms with E-state index >= 15 is 0 Å². The number of hydrogen-bond acceptors (Lipinski definition) is 6. The number of hydrogen-bond donors (Lipinski definition) is 2. The Balaban J connectivity index is 1.68. The summed E-state index contributed by atoms with van der Waals surface area (Å²) < 4.78 is 30.7. The van der Waals surface area contributed by atoms with Gasteiger partial charge in [-0.25, -0.2) is 8.78 Å². The Morgan fingerprint density at radius 1 is 1.11 bits per heavy atom. The maximum atomic E-state index is 13.1. The average molecular weight is 393 g/mol. The molecule has 0 unspecified atom stereocenters. The maximum Gasteiger partial charge on any atom is 0.306 e. The van der Waals surface area contributed by atoms with Crippen molar-refractivity contribution in [2.45, 2.75) is 12.8 Å². The summed E-state index contributed by atoms with van der Waals surface area (Å²) in [5, 5.41) is 16.0. The van der Waals surface area contributed by atoms with Crippen LogP contribution in [0.15, 0.2) is 42.5 Å². The number of carbonyl (C=O) groups is 2. The summed E-state index contributed by atoms with van der Waals surface area (Å²) in [4.78, 5) is 33.7. The number of para-hydroxylation sites is 2. The molecular formula is C18H17F2N3O5. The van der Waals surface area contributed by atoms with Gasteiger partial charge in [0.05, 0.1) is 4.92 Å². The lowest BCUT2D eigenvalue weighted by Crippen LogP contribution is -2.21. The van der Waals surface area contributed by atoms with Crippen LogP contribution < -0.4 is 10.6 Å². The van der Waals surface area contributed by atoms with E-state index in [1.165, 1.54) is 12.1 Å². The molecule has 2 rings (SSSR count). The number of carbonyl (C=O) groups excluding carboxylic acids is 2. The molecule has 0 aliphatic heterocycles. The monoisotopic (exact) mass is 393 g/mol. The number of halogens is 2. The van der Waals surface area contributed by atoms with Gasteiger partial charge in [-0.05, 0) is 24.6 Å². The number of nitrogens with one attached hydrogen (secondary N) is 2. The van der Waals surface area contributed by atoms with Crippen LogP contribution in [0, 0.1) is 21.7 Å². The van der Waals surface area contributed by atoms with Gasteiger partial charge >= 0.3 is 5.97 Å². The van der Waals surface area contributed by atoms with Gasteiger partial charge in [0.2, 0.25) is 0 Å². The zero-order valence-electron chi connectivity index (χ0n) is 14.6. The molecule has 0 heterocycles. The standard InChI is InChI=1S/C18H17F2N3O5/c19-13-8-7-12(10-14(13)20)22-17(24)11-28-18(25)6-3-9-21-15-4-1-2-5-16(15)23(26)27/h1-2,4-5,7-8,10,21H,3,6,9,11H2,(H,22,24). The molecule has 0 atom stereocenters. The first-order chi connectivity index (χ1) is 13.4. The Morgan fingerprint density at radius 2 is 1.86 bits per heavy atom. The number of nitro groups is 1. The largest absolute Gasteiger partial charge is 0.456 e. The average Bonchev–Trinajstić information content (AvgIpc) is 2.66. The fourth-order valence-electron chi connectivity index (χ4n) is 2.23. The summed E-state index contributed by atoms with van der Waals surface area (Å²) in [5.74, 6) is -3.48. The quantitative estimate of drug-likeness (QED) is 0.293. The molecule has 0 spiro atoms. The number of ether oxygens (including phenoxy) is 1. The van der Waals surface area contributed by atoms with Crippen molar-refractivity contribution in [2.75, 3.05) is 23.8 Å². The Labute approximate surface area is 158 Å². The molecule has 0 bridgehead atoms. The van der Waals surface area contributed by atoms with Gasteiger partial charge in [-0.1, -0.05) is 12.1 Å². The van der Waals surface area contributed by atoms with Crippen LogP contribution in [-0.4, -0.2) is 30.0 Å². The predicted octanol–water partition coefficient (Wildman–Crippen LogP) is 3.25. The third kappa shape index (κ3) is 6.31. The second kappa shape index (κ2) is 9.95. The van der Waals surface area contributed by atoms with Gasteiger partial charge in [0.15, 0.2) is 18.2 Å². The molecule has 0 radical (unpaired) electrons. The zero-order valence-corrected chi connectivity index (χ0v) is 14.6. The highest BCUT2D eigenvalue weighted by molar-refractivity contribution is 5.92. The summed E-state index contributed by atoms with van der Waals surface area (Å²) in [6.07, 6.45) is 0.321. The van der Waals surface area contributed by atoms with Crippen molar-refractivity contribution in [1.82, 2.24) is 0 Å². The minimum Gasteiger partial charge on any atom is -0.456 e. The second-order valence-electron chi connectivity index (χ2n) is 5.64. The molecule has 0 aliphatic rings. The van der Waals surface area contributed by atoms with Crippen molar-refractivity contribution < 1.29 is 28.0 Å². The van der Waals surface area contributed by atoms with Crippen LogP contribution in [0.25, 0.3) is 0 Å². The summed E-state index contributed by atoms with van der Waals surface area (Å²) in [6, 6.07) is 8.96. The number of amides is 1. The number of benzene rings is 2. The summed E-state index contributed by atoms with van der Waals surface area (Å²) in [7, 11) is 0. The van der Waals surface area contributed by atoms with E-state index in [-0.39, 0.29) is 17.8 Å². The fraction of sp³-hybridized carbons (Fsp3) is 0.222. The van der Waals surface area contributed by atoms with E-state index in [1.807, 2.05) is 0 Å². The van der Waals surface area contributed by atoms with E-state index in [9.17, 15) is 28.5 Å². The smallest absolute Gasteiger partial charge is 0.306 e. The third-order valence-corrected chi connectivity index (χ3v) is 3.54. The molecule has 0 aliphatic carbocycles.